The summed E-state index contributed by atoms with van der Waals surface area (Å²) in [6.45, 7) is -0.0200. The van der Waals surface area contributed by atoms with Gasteiger partial charge in [0.05, 0.1) is 12.8 Å². The molecule has 0 aliphatic heterocycles. The number of methoxy groups -OCH3 is 1. The van der Waals surface area contributed by atoms with Crippen LogP contribution in [0.25, 0.3) is 0 Å². The predicted molar refractivity (Wildman–Crippen MR) is 73.3 cm³/mol. The molecule has 1 fully saturated rings. The SMILES string of the molecule is COc1ccc(N)c(OCC(=O)NC2CCCC2)c1. The molecule has 0 atom stereocenters. The molecule has 5 nitrogen and oxygen atoms in total. The Morgan fingerprint density at radius 2 is 2.16 bits per heavy atom. The summed E-state index contributed by atoms with van der Waals surface area (Å²) < 4.78 is 10.5. The number of hydrogen-bond donors (Lipinski definition) is 2. The summed E-state index contributed by atoms with van der Waals surface area (Å²) in [5.41, 5.74) is 6.28. The Morgan fingerprint density at radius 1 is 1.42 bits per heavy atom. The van der Waals surface area contributed by atoms with Crippen LogP contribution in [0.3, 0.4) is 0 Å². The Hall–Kier alpha value is -1.91. The maximum Gasteiger partial charge on any atom is 0.258 e. The van der Waals surface area contributed by atoms with Crippen LogP contribution in [0.2, 0.25) is 0 Å². The van der Waals surface area contributed by atoms with Gasteiger partial charge in [-0.3, -0.25) is 4.79 Å². The van der Waals surface area contributed by atoms with Gasteiger partial charge in [0.2, 0.25) is 0 Å². The van der Waals surface area contributed by atoms with Crippen LogP contribution in [-0.2, 0) is 4.79 Å². The fourth-order valence-corrected chi connectivity index (χ4v) is 2.25. The molecule has 1 saturated carbocycles. The summed E-state index contributed by atoms with van der Waals surface area (Å²) in [5, 5.41) is 2.96. The first-order valence-electron chi connectivity index (χ1n) is 6.54. The van der Waals surface area contributed by atoms with E-state index in [1.807, 2.05) is 0 Å². The highest BCUT2D eigenvalue weighted by molar-refractivity contribution is 5.78. The van der Waals surface area contributed by atoms with E-state index >= 15 is 0 Å². The van der Waals surface area contributed by atoms with E-state index in [-0.39, 0.29) is 12.5 Å². The summed E-state index contributed by atoms with van der Waals surface area (Å²) >= 11 is 0. The van der Waals surface area contributed by atoms with E-state index in [1.165, 1.54) is 12.8 Å². The minimum atomic E-state index is -0.103. The van der Waals surface area contributed by atoms with Gasteiger partial charge in [0.25, 0.3) is 5.91 Å². The molecule has 3 N–H and O–H groups in total. The van der Waals surface area contributed by atoms with Crippen molar-refractivity contribution in [1.29, 1.82) is 0 Å². The topological polar surface area (TPSA) is 73.6 Å². The smallest absolute Gasteiger partial charge is 0.258 e. The van der Waals surface area contributed by atoms with Gasteiger partial charge in [0.15, 0.2) is 6.61 Å². The van der Waals surface area contributed by atoms with Crippen LogP contribution in [0.4, 0.5) is 5.69 Å². The standard InChI is InChI=1S/C14H20N2O3/c1-18-11-6-7-12(15)13(8-11)19-9-14(17)16-10-4-2-3-5-10/h6-8,10H,2-5,9,15H2,1H3,(H,16,17). The van der Waals surface area contributed by atoms with Crippen LogP contribution < -0.4 is 20.5 Å². The lowest BCUT2D eigenvalue weighted by atomic mass is 10.2. The van der Waals surface area contributed by atoms with Crippen molar-refractivity contribution in [3.63, 3.8) is 0 Å². The van der Waals surface area contributed by atoms with E-state index < -0.39 is 0 Å². The van der Waals surface area contributed by atoms with Crippen molar-refractivity contribution in [3.05, 3.63) is 18.2 Å². The van der Waals surface area contributed by atoms with Crippen molar-refractivity contribution >= 4 is 11.6 Å². The van der Waals surface area contributed by atoms with Gasteiger partial charge < -0.3 is 20.5 Å². The first-order valence-corrected chi connectivity index (χ1v) is 6.54. The average Bonchev–Trinajstić information content (AvgIpc) is 2.90. The molecule has 0 unspecified atom stereocenters. The second-order valence-electron chi connectivity index (χ2n) is 4.74. The molecular formula is C14H20N2O3. The molecule has 0 aromatic heterocycles. The number of carbonyl (C=O) groups excluding carboxylic acids is 1. The van der Waals surface area contributed by atoms with Crippen molar-refractivity contribution in [3.8, 4) is 11.5 Å². The monoisotopic (exact) mass is 264 g/mol. The summed E-state index contributed by atoms with van der Waals surface area (Å²) in [4.78, 5) is 11.7. The van der Waals surface area contributed by atoms with E-state index in [0.717, 1.165) is 12.8 Å². The van der Waals surface area contributed by atoms with Crippen molar-refractivity contribution in [2.75, 3.05) is 19.5 Å². The summed E-state index contributed by atoms with van der Waals surface area (Å²) in [7, 11) is 1.57. The van der Waals surface area contributed by atoms with Gasteiger partial charge in [-0.2, -0.15) is 0 Å². The molecule has 0 saturated heterocycles. The van der Waals surface area contributed by atoms with E-state index in [1.54, 1.807) is 25.3 Å². The van der Waals surface area contributed by atoms with Crippen LogP contribution in [0, 0.1) is 0 Å². The highest BCUT2D eigenvalue weighted by Gasteiger charge is 2.17. The second kappa shape index (κ2) is 6.31. The average molecular weight is 264 g/mol. The Balaban J connectivity index is 1.85. The maximum atomic E-state index is 11.7. The van der Waals surface area contributed by atoms with Crippen molar-refractivity contribution in [2.45, 2.75) is 31.7 Å². The molecule has 0 bridgehead atoms. The number of nitrogen functional groups attached to an aromatic ring is 1. The third-order valence-electron chi connectivity index (χ3n) is 3.30. The van der Waals surface area contributed by atoms with Gasteiger partial charge in [-0.25, -0.2) is 0 Å². The highest BCUT2D eigenvalue weighted by atomic mass is 16.5. The van der Waals surface area contributed by atoms with Crippen molar-refractivity contribution in [1.82, 2.24) is 5.32 Å². The predicted octanol–water partition coefficient (Wildman–Crippen LogP) is 1.71. The molecule has 1 aromatic rings. The summed E-state index contributed by atoms with van der Waals surface area (Å²) in [6.07, 6.45) is 4.50. The minimum Gasteiger partial charge on any atom is -0.497 e. The Labute approximate surface area is 113 Å². The zero-order chi connectivity index (χ0) is 13.7. The van der Waals surface area contributed by atoms with Gasteiger partial charge in [-0.1, -0.05) is 12.8 Å². The van der Waals surface area contributed by atoms with E-state index in [2.05, 4.69) is 5.32 Å². The fraction of sp³-hybridized carbons (Fsp3) is 0.500. The first kappa shape index (κ1) is 13.5. The maximum absolute atomic E-state index is 11.7. The summed E-state index contributed by atoms with van der Waals surface area (Å²) in [6, 6.07) is 5.43. The van der Waals surface area contributed by atoms with Crippen LogP contribution in [-0.4, -0.2) is 25.7 Å². The zero-order valence-electron chi connectivity index (χ0n) is 11.1. The lowest BCUT2D eigenvalue weighted by Gasteiger charge is -2.13. The van der Waals surface area contributed by atoms with E-state index in [4.69, 9.17) is 15.2 Å². The number of nitrogens with one attached hydrogen (secondary N) is 1. The fourth-order valence-electron chi connectivity index (χ4n) is 2.25. The van der Waals surface area contributed by atoms with Crippen LogP contribution in [0.5, 0.6) is 11.5 Å². The van der Waals surface area contributed by atoms with Crippen molar-refractivity contribution < 1.29 is 14.3 Å². The van der Waals surface area contributed by atoms with E-state index in [0.29, 0.717) is 23.2 Å². The molecule has 1 aliphatic carbocycles. The number of rotatable bonds is 5. The van der Waals surface area contributed by atoms with E-state index in [9.17, 15) is 4.79 Å². The molecule has 0 radical (unpaired) electrons. The lowest BCUT2D eigenvalue weighted by molar-refractivity contribution is -0.123. The van der Waals surface area contributed by atoms with Gasteiger partial charge in [0.1, 0.15) is 11.5 Å². The Kier molecular flexibility index (Phi) is 4.49. The minimum absolute atomic E-state index is 0.0200. The largest absolute Gasteiger partial charge is 0.497 e. The molecule has 2 rings (SSSR count). The Bertz CT molecular complexity index is 442. The normalized spacial score (nSPS) is 15.2. The summed E-state index contributed by atoms with van der Waals surface area (Å²) in [5.74, 6) is 1.02. The zero-order valence-corrected chi connectivity index (χ0v) is 11.1. The Morgan fingerprint density at radius 3 is 2.84 bits per heavy atom. The molecule has 19 heavy (non-hydrogen) atoms. The third-order valence-corrected chi connectivity index (χ3v) is 3.30. The number of carbonyl (C=O) groups is 1. The lowest BCUT2D eigenvalue weighted by Crippen LogP contribution is -2.36. The van der Waals surface area contributed by atoms with Crippen LogP contribution in [0.1, 0.15) is 25.7 Å². The molecule has 104 valence electrons. The number of hydrogen-bond acceptors (Lipinski definition) is 4. The highest BCUT2D eigenvalue weighted by Crippen LogP contribution is 2.26. The number of ether oxygens (including phenoxy) is 2. The molecule has 1 aliphatic rings. The molecule has 1 aromatic carbocycles. The molecular weight excluding hydrogens is 244 g/mol. The number of nitrogens with two attached hydrogens (primary N) is 1. The van der Waals surface area contributed by atoms with Gasteiger partial charge in [-0.05, 0) is 25.0 Å². The van der Waals surface area contributed by atoms with Gasteiger partial charge in [0, 0.05) is 12.1 Å². The molecule has 0 heterocycles. The first-order chi connectivity index (χ1) is 9.19. The molecule has 0 spiro atoms. The van der Waals surface area contributed by atoms with Crippen LogP contribution >= 0.6 is 0 Å². The quantitative estimate of drug-likeness (QED) is 0.794. The third kappa shape index (κ3) is 3.77. The van der Waals surface area contributed by atoms with Gasteiger partial charge in [-0.15, -0.1) is 0 Å². The molecule has 5 heteroatoms. The van der Waals surface area contributed by atoms with Gasteiger partial charge >= 0.3 is 0 Å². The number of anilines is 1. The number of benzene rings is 1. The number of amides is 1. The molecule has 1 amide bonds. The second-order valence-corrected chi connectivity index (χ2v) is 4.74. The van der Waals surface area contributed by atoms with Crippen LogP contribution in [0.15, 0.2) is 18.2 Å². The van der Waals surface area contributed by atoms with Crippen molar-refractivity contribution in [2.24, 2.45) is 0 Å².